The predicted molar refractivity (Wildman–Crippen MR) is 179 cm³/mol. The van der Waals surface area contributed by atoms with E-state index in [1.54, 1.807) is 12.1 Å². The van der Waals surface area contributed by atoms with Crippen molar-refractivity contribution in [1.82, 2.24) is 0 Å². The number of anilines is 1. The van der Waals surface area contributed by atoms with Crippen molar-refractivity contribution in [2.75, 3.05) is 11.5 Å². The van der Waals surface area contributed by atoms with Gasteiger partial charge in [-0.25, -0.2) is 14.5 Å². The molecular weight excluding hydrogens is 594 g/mol. The number of unbranched alkanes of at least 4 members (excludes halogenated alkanes) is 3. The molecule has 0 fully saturated rings. The van der Waals surface area contributed by atoms with Crippen molar-refractivity contribution in [1.29, 1.82) is 0 Å². The number of carbonyl (C=O) groups is 5. The molecular formula is C39H37NO7. The van der Waals surface area contributed by atoms with Crippen molar-refractivity contribution in [3.8, 4) is 11.1 Å². The Morgan fingerprint density at radius 3 is 1.94 bits per heavy atom. The Balaban J connectivity index is 1.28. The lowest BCUT2D eigenvalue weighted by Crippen LogP contribution is -2.29. The first-order valence-corrected chi connectivity index (χ1v) is 16.0. The fourth-order valence-electron chi connectivity index (χ4n) is 5.42. The first-order chi connectivity index (χ1) is 22.8. The Hall–Kier alpha value is -5.37. The molecule has 0 saturated carbocycles. The zero-order valence-electron chi connectivity index (χ0n) is 26.6. The monoisotopic (exact) mass is 631 g/mol. The van der Waals surface area contributed by atoms with Crippen molar-refractivity contribution < 1.29 is 33.4 Å². The number of ketones is 1. The number of carbonyl (C=O) groups excluding carboxylic acids is 5. The number of hydrogen-bond acceptors (Lipinski definition) is 7. The maximum atomic E-state index is 13.5. The van der Waals surface area contributed by atoms with E-state index in [1.165, 1.54) is 42.5 Å². The molecule has 0 saturated heterocycles. The number of benzene rings is 4. The molecule has 0 unspecified atom stereocenters. The molecule has 0 aromatic heterocycles. The number of esters is 2. The second kappa shape index (κ2) is 15.3. The molecule has 1 aliphatic heterocycles. The summed E-state index contributed by atoms with van der Waals surface area (Å²) in [6.07, 6.45) is 3.58. The molecule has 1 atom stereocenters. The molecule has 1 heterocycles. The lowest BCUT2D eigenvalue weighted by Gasteiger charge is -2.17. The Morgan fingerprint density at radius 2 is 1.26 bits per heavy atom. The summed E-state index contributed by atoms with van der Waals surface area (Å²) < 4.78 is 11.0. The Morgan fingerprint density at radius 1 is 0.638 bits per heavy atom. The number of rotatable bonds is 14. The number of imide groups is 1. The molecule has 0 N–H and O–H groups in total. The van der Waals surface area contributed by atoms with Gasteiger partial charge in [-0.3, -0.25) is 14.4 Å². The van der Waals surface area contributed by atoms with E-state index in [9.17, 15) is 24.0 Å². The lowest BCUT2D eigenvalue weighted by atomic mass is 9.98. The van der Waals surface area contributed by atoms with Crippen LogP contribution < -0.4 is 4.90 Å². The summed E-state index contributed by atoms with van der Waals surface area (Å²) in [4.78, 5) is 66.8. The standard InChI is InChI=1S/C39H37NO7/c1-3-5-10-24-46-38(44)29-18-21-31(22-19-29)40-36(42)32-23-20-30(25-33(32)37(40)43)39(45)47-34(13-6-4-2)35(41)28-16-14-27(15-17-28)26-11-8-7-9-12-26/h7-9,11-12,14-23,25,34H,3-6,10,13,24H2,1-2H3/t34-/m1/s1. The van der Waals surface area contributed by atoms with Crippen molar-refractivity contribution in [3.05, 3.63) is 125 Å². The third kappa shape index (κ3) is 7.55. The van der Waals surface area contributed by atoms with Crippen molar-refractivity contribution in [3.63, 3.8) is 0 Å². The van der Waals surface area contributed by atoms with Crippen molar-refractivity contribution in [2.24, 2.45) is 0 Å². The van der Waals surface area contributed by atoms with Crippen LogP contribution in [0.5, 0.6) is 0 Å². The molecule has 0 spiro atoms. The number of ether oxygens (including phenoxy) is 2. The van der Waals surface area contributed by atoms with Gasteiger partial charge in [-0.2, -0.15) is 0 Å². The van der Waals surface area contributed by atoms with E-state index in [0.717, 1.165) is 41.7 Å². The number of fused-ring (bicyclic) bond motifs is 1. The molecule has 240 valence electrons. The topological polar surface area (TPSA) is 107 Å². The summed E-state index contributed by atoms with van der Waals surface area (Å²) in [5, 5.41) is 0. The van der Waals surface area contributed by atoms with Crippen molar-refractivity contribution in [2.45, 2.75) is 58.5 Å². The normalized spacial score (nSPS) is 12.9. The van der Waals surface area contributed by atoms with Crippen LogP contribution >= 0.6 is 0 Å². The molecule has 5 rings (SSSR count). The van der Waals surface area contributed by atoms with Gasteiger partial charge >= 0.3 is 11.9 Å². The van der Waals surface area contributed by atoms with Gasteiger partial charge in [0, 0.05) is 5.56 Å². The van der Waals surface area contributed by atoms with Gasteiger partial charge in [0.2, 0.25) is 5.78 Å². The molecule has 4 aromatic carbocycles. The summed E-state index contributed by atoms with van der Waals surface area (Å²) >= 11 is 0. The summed E-state index contributed by atoms with van der Waals surface area (Å²) in [6, 6.07) is 27.2. The predicted octanol–water partition coefficient (Wildman–Crippen LogP) is 8.10. The van der Waals surface area contributed by atoms with E-state index >= 15 is 0 Å². The second-order valence-corrected chi connectivity index (χ2v) is 11.4. The molecule has 0 aliphatic carbocycles. The van der Waals surface area contributed by atoms with Crippen LogP contribution in [0.4, 0.5) is 5.69 Å². The highest BCUT2D eigenvalue weighted by Gasteiger charge is 2.37. The van der Waals surface area contributed by atoms with Crippen LogP contribution in [0.25, 0.3) is 11.1 Å². The fourth-order valence-corrected chi connectivity index (χ4v) is 5.42. The summed E-state index contributed by atoms with van der Waals surface area (Å²) in [5.41, 5.74) is 3.27. The van der Waals surface area contributed by atoms with Crippen molar-refractivity contribution >= 4 is 35.2 Å². The van der Waals surface area contributed by atoms with Gasteiger partial charge in [-0.1, -0.05) is 87.7 Å². The van der Waals surface area contributed by atoms with Crippen LogP contribution in [0.3, 0.4) is 0 Å². The minimum Gasteiger partial charge on any atom is -0.462 e. The molecule has 0 bridgehead atoms. The van der Waals surface area contributed by atoms with E-state index in [0.29, 0.717) is 30.6 Å². The highest BCUT2D eigenvalue weighted by molar-refractivity contribution is 6.34. The van der Waals surface area contributed by atoms with E-state index in [2.05, 4.69) is 6.92 Å². The first-order valence-electron chi connectivity index (χ1n) is 16.0. The first kappa shape index (κ1) is 33.0. The van der Waals surface area contributed by atoms with Crippen LogP contribution in [-0.2, 0) is 9.47 Å². The number of nitrogens with zero attached hydrogens (tertiary/aromatic N) is 1. The highest BCUT2D eigenvalue weighted by Crippen LogP contribution is 2.30. The van der Waals surface area contributed by atoms with Gasteiger partial charge in [-0.15, -0.1) is 0 Å². The molecule has 4 aromatic rings. The van der Waals surface area contributed by atoms with Crippen LogP contribution in [-0.4, -0.2) is 42.2 Å². The van der Waals surface area contributed by atoms with Gasteiger partial charge < -0.3 is 9.47 Å². The molecule has 0 radical (unpaired) electrons. The number of Topliss-reactive ketones (excluding diaryl/α,β-unsaturated/α-hetero) is 1. The largest absolute Gasteiger partial charge is 0.462 e. The number of hydrogen-bond donors (Lipinski definition) is 0. The smallest absolute Gasteiger partial charge is 0.338 e. The SMILES string of the molecule is CCCCCOC(=O)c1ccc(N2C(=O)c3ccc(C(=O)O[C@H](CCCC)C(=O)c4ccc(-c5ccccc5)cc4)cc3C2=O)cc1. The Kier molecular flexibility index (Phi) is 10.7. The second-order valence-electron chi connectivity index (χ2n) is 11.4. The van der Waals surface area contributed by atoms with Crippen LogP contribution in [0.1, 0.15) is 104 Å². The zero-order valence-corrected chi connectivity index (χ0v) is 26.6. The molecule has 2 amide bonds. The lowest BCUT2D eigenvalue weighted by molar-refractivity contribution is 0.0263. The molecule has 8 heteroatoms. The average Bonchev–Trinajstić information content (AvgIpc) is 3.36. The van der Waals surface area contributed by atoms with E-state index < -0.39 is 29.9 Å². The average molecular weight is 632 g/mol. The van der Waals surface area contributed by atoms with E-state index in [4.69, 9.17) is 9.47 Å². The summed E-state index contributed by atoms with van der Waals surface area (Å²) in [6.45, 7) is 4.38. The van der Waals surface area contributed by atoms with Gasteiger partial charge in [0.25, 0.3) is 11.8 Å². The van der Waals surface area contributed by atoms with Gasteiger partial charge in [-0.05, 0) is 72.9 Å². The summed E-state index contributed by atoms with van der Waals surface area (Å²) in [5.74, 6) is -2.69. The minimum absolute atomic E-state index is 0.0526. The van der Waals surface area contributed by atoms with E-state index in [1.807, 2.05) is 49.4 Å². The molecule has 1 aliphatic rings. The third-order valence-corrected chi connectivity index (χ3v) is 8.10. The summed E-state index contributed by atoms with van der Waals surface area (Å²) in [7, 11) is 0. The molecule has 47 heavy (non-hydrogen) atoms. The Labute approximate surface area is 274 Å². The van der Waals surface area contributed by atoms with Gasteiger partial charge in [0.15, 0.2) is 6.10 Å². The van der Waals surface area contributed by atoms with Gasteiger partial charge in [0.05, 0.1) is 34.5 Å². The quantitative estimate of drug-likeness (QED) is 0.0599. The zero-order chi connectivity index (χ0) is 33.3. The van der Waals surface area contributed by atoms with Gasteiger partial charge in [0.1, 0.15) is 0 Å². The van der Waals surface area contributed by atoms with Crippen LogP contribution in [0.2, 0.25) is 0 Å². The number of amides is 2. The minimum atomic E-state index is -1.01. The van der Waals surface area contributed by atoms with Crippen LogP contribution in [0.15, 0.2) is 97.1 Å². The maximum absolute atomic E-state index is 13.5. The molecule has 8 nitrogen and oxygen atoms in total. The highest BCUT2D eigenvalue weighted by atomic mass is 16.5. The fraction of sp³-hybridized carbons (Fsp3) is 0.256. The maximum Gasteiger partial charge on any atom is 0.338 e. The third-order valence-electron chi connectivity index (χ3n) is 8.10. The van der Waals surface area contributed by atoms with Crippen LogP contribution in [0, 0.1) is 0 Å². The Bertz CT molecular complexity index is 1760. The van der Waals surface area contributed by atoms with E-state index in [-0.39, 0.29) is 28.2 Å².